The maximum Gasteiger partial charge on any atom is 0.306 e. The van der Waals surface area contributed by atoms with Gasteiger partial charge in [-0.15, -0.1) is 0 Å². The molecule has 0 saturated carbocycles. The third kappa shape index (κ3) is 6.38. The van der Waals surface area contributed by atoms with Crippen LogP contribution in [-0.2, 0) is 9.53 Å². The van der Waals surface area contributed by atoms with Gasteiger partial charge >= 0.3 is 5.97 Å². The highest BCUT2D eigenvalue weighted by atomic mass is 16.6. The fraction of sp³-hybridized carbons (Fsp3) is 0.588. The highest BCUT2D eigenvalue weighted by Gasteiger charge is 2.19. The summed E-state index contributed by atoms with van der Waals surface area (Å²) in [6.07, 6.45) is 0.765. The van der Waals surface area contributed by atoms with Gasteiger partial charge in [-0.25, -0.2) is 0 Å². The van der Waals surface area contributed by atoms with Crippen LogP contribution >= 0.6 is 0 Å². The molecule has 1 aromatic carbocycles. The molecule has 7 nitrogen and oxygen atoms in total. The second-order valence-corrected chi connectivity index (χ2v) is 6.35. The quantitative estimate of drug-likeness (QED) is 0.307. The Hall–Kier alpha value is -2.40. The fourth-order valence-electron chi connectivity index (χ4n) is 2.29. The van der Waals surface area contributed by atoms with Crippen molar-refractivity contribution in [3.8, 4) is 11.5 Å². The van der Waals surface area contributed by atoms with E-state index in [9.17, 15) is 4.79 Å². The van der Waals surface area contributed by atoms with Crippen molar-refractivity contribution < 1.29 is 19.0 Å². The van der Waals surface area contributed by atoms with E-state index in [0.717, 1.165) is 5.56 Å². The molecule has 0 unspecified atom stereocenters. The molecule has 0 amide bonds. The predicted octanol–water partition coefficient (Wildman–Crippen LogP) is 4.22. The van der Waals surface area contributed by atoms with Crippen LogP contribution in [-0.4, -0.2) is 32.3 Å². The lowest BCUT2D eigenvalue weighted by molar-refractivity contribution is -0.155. The second-order valence-electron chi connectivity index (χ2n) is 6.35. The molecule has 0 radical (unpaired) electrons. The van der Waals surface area contributed by atoms with Gasteiger partial charge in [0.2, 0.25) is 0 Å². The maximum absolute atomic E-state index is 11.9. The lowest BCUT2D eigenvalue weighted by atomic mass is 9.94. The smallest absolute Gasteiger partial charge is 0.306 e. The van der Waals surface area contributed by atoms with Gasteiger partial charge in [-0.1, -0.05) is 11.2 Å². The molecule has 7 heteroatoms. The zero-order valence-corrected chi connectivity index (χ0v) is 14.9. The largest absolute Gasteiger partial charge is 0.493 e. The van der Waals surface area contributed by atoms with E-state index >= 15 is 0 Å². The van der Waals surface area contributed by atoms with Crippen LogP contribution in [0, 0.1) is 0 Å². The minimum atomic E-state index is -0.513. The Morgan fingerprint density at radius 1 is 1.25 bits per heavy atom. The van der Waals surface area contributed by atoms with Crippen LogP contribution in [0.3, 0.4) is 0 Å². The lowest BCUT2D eigenvalue weighted by Gasteiger charge is -2.21. The number of hydrogen-bond donors (Lipinski definition) is 0. The van der Waals surface area contributed by atoms with E-state index in [-0.39, 0.29) is 24.9 Å². The van der Waals surface area contributed by atoms with Crippen LogP contribution in [0.15, 0.2) is 23.3 Å². The molecule has 1 aromatic rings. The van der Waals surface area contributed by atoms with Crippen molar-refractivity contribution in [2.75, 3.05) is 20.8 Å². The molecule has 1 rings (SSSR count). The zero-order chi connectivity index (χ0) is 18.2. The van der Waals surface area contributed by atoms with E-state index < -0.39 is 5.60 Å². The van der Waals surface area contributed by atoms with Crippen molar-refractivity contribution in [3.63, 3.8) is 0 Å². The summed E-state index contributed by atoms with van der Waals surface area (Å²) in [6.45, 7) is 5.75. The first-order valence-corrected chi connectivity index (χ1v) is 7.75. The molecule has 0 aliphatic rings. The minimum absolute atomic E-state index is 0.103. The van der Waals surface area contributed by atoms with Crippen LogP contribution in [0.2, 0.25) is 0 Å². The first-order valence-electron chi connectivity index (χ1n) is 7.75. The van der Waals surface area contributed by atoms with Gasteiger partial charge in [-0.2, -0.15) is 0 Å². The number of azide groups is 1. The van der Waals surface area contributed by atoms with Crippen molar-refractivity contribution in [2.45, 2.75) is 45.1 Å². The van der Waals surface area contributed by atoms with Gasteiger partial charge in [0, 0.05) is 17.9 Å². The molecule has 0 spiro atoms. The van der Waals surface area contributed by atoms with E-state index in [1.54, 1.807) is 20.3 Å². The summed E-state index contributed by atoms with van der Waals surface area (Å²) in [5, 5.41) is 3.66. The van der Waals surface area contributed by atoms with E-state index in [1.807, 2.05) is 32.9 Å². The Morgan fingerprint density at radius 2 is 1.92 bits per heavy atom. The highest BCUT2D eigenvalue weighted by Crippen LogP contribution is 2.32. The third-order valence-electron chi connectivity index (χ3n) is 3.36. The van der Waals surface area contributed by atoms with Crippen LogP contribution in [0.5, 0.6) is 11.5 Å². The zero-order valence-electron chi connectivity index (χ0n) is 14.9. The van der Waals surface area contributed by atoms with Gasteiger partial charge in [-0.05, 0) is 56.3 Å². The summed E-state index contributed by atoms with van der Waals surface area (Å²) in [5.41, 5.74) is 9.00. The molecule has 0 heterocycles. The van der Waals surface area contributed by atoms with Gasteiger partial charge in [0.1, 0.15) is 5.60 Å². The molecule has 0 aliphatic carbocycles. The number of esters is 1. The number of carbonyl (C=O) groups is 1. The fourth-order valence-corrected chi connectivity index (χ4v) is 2.29. The molecule has 0 aliphatic heterocycles. The molecule has 0 aromatic heterocycles. The van der Waals surface area contributed by atoms with Crippen LogP contribution in [0.4, 0.5) is 0 Å². The number of hydrogen-bond acceptors (Lipinski definition) is 5. The molecule has 0 fully saturated rings. The van der Waals surface area contributed by atoms with Gasteiger partial charge < -0.3 is 14.2 Å². The van der Waals surface area contributed by atoms with E-state index in [2.05, 4.69) is 10.0 Å². The standard InChI is InChI=1S/C17H25N3O4/c1-17(2,3)24-16(21)9-7-13(11-19-20-18)12-6-8-14(22-4)15(10-12)23-5/h6,8,10,13H,7,9,11H2,1-5H3/t13-/m1/s1. The Bertz CT molecular complexity index is 604. The summed E-state index contributed by atoms with van der Waals surface area (Å²) in [6, 6.07) is 5.52. The number of methoxy groups -OCH3 is 2. The monoisotopic (exact) mass is 335 g/mol. The first kappa shape index (κ1) is 19.6. The van der Waals surface area contributed by atoms with E-state index in [1.165, 1.54) is 0 Å². The summed E-state index contributed by atoms with van der Waals surface area (Å²) in [4.78, 5) is 14.7. The molecular formula is C17H25N3O4. The molecule has 24 heavy (non-hydrogen) atoms. The second kappa shape index (κ2) is 9.03. The van der Waals surface area contributed by atoms with Crippen molar-refractivity contribution in [1.82, 2.24) is 0 Å². The Labute approximate surface area is 142 Å². The van der Waals surface area contributed by atoms with Crippen molar-refractivity contribution >= 4 is 5.97 Å². The van der Waals surface area contributed by atoms with Crippen LogP contribution in [0.25, 0.3) is 10.4 Å². The topological polar surface area (TPSA) is 93.5 Å². The first-order chi connectivity index (χ1) is 11.3. The third-order valence-corrected chi connectivity index (χ3v) is 3.36. The average Bonchev–Trinajstić information content (AvgIpc) is 2.52. The van der Waals surface area contributed by atoms with Crippen LogP contribution in [0.1, 0.15) is 45.1 Å². The van der Waals surface area contributed by atoms with Crippen molar-refractivity contribution in [1.29, 1.82) is 0 Å². The highest BCUT2D eigenvalue weighted by molar-refractivity contribution is 5.70. The van der Waals surface area contributed by atoms with Gasteiger partial charge in [0.15, 0.2) is 11.5 Å². The number of ether oxygens (including phenoxy) is 3. The van der Waals surface area contributed by atoms with Crippen molar-refractivity contribution in [2.24, 2.45) is 5.11 Å². The Kier molecular flexibility index (Phi) is 7.39. The minimum Gasteiger partial charge on any atom is -0.493 e. The predicted molar refractivity (Wildman–Crippen MR) is 91.4 cm³/mol. The molecule has 0 bridgehead atoms. The van der Waals surface area contributed by atoms with E-state index in [4.69, 9.17) is 19.7 Å². The number of rotatable bonds is 8. The molecule has 0 saturated heterocycles. The normalized spacial score (nSPS) is 12.0. The van der Waals surface area contributed by atoms with E-state index in [0.29, 0.717) is 17.9 Å². The molecule has 0 N–H and O–H groups in total. The number of benzene rings is 1. The summed E-state index contributed by atoms with van der Waals surface area (Å²) < 4.78 is 15.8. The van der Waals surface area contributed by atoms with Gasteiger partial charge in [-0.3, -0.25) is 4.79 Å². The Balaban J connectivity index is 2.89. The van der Waals surface area contributed by atoms with Gasteiger partial charge in [0.25, 0.3) is 0 Å². The summed E-state index contributed by atoms with van der Waals surface area (Å²) >= 11 is 0. The molecule has 1 atom stereocenters. The summed E-state index contributed by atoms with van der Waals surface area (Å²) in [5.74, 6) is 0.844. The Morgan fingerprint density at radius 3 is 2.46 bits per heavy atom. The molecular weight excluding hydrogens is 310 g/mol. The molecule has 132 valence electrons. The number of nitrogens with zero attached hydrogens (tertiary/aromatic N) is 3. The number of carbonyl (C=O) groups excluding carboxylic acids is 1. The summed E-state index contributed by atoms with van der Waals surface area (Å²) in [7, 11) is 3.13. The lowest BCUT2D eigenvalue weighted by Crippen LogP contribution is -2.24. The van der Waals surface area contributed by atoms with Gasteiger partial charge in [0.05, 0.1) is 14.2 Å². The SMILES string of the molecule is COc1ccc([C@H](CCC(=O)OC(C)(C)C)CN=[N+]=[N-])cc1OC. The average molecular weight is 335 g/mol. The maximum atomic E-state index is 11.9. The van der Waals surface area contributed by atoms with Crippen molar-refractivity contribution in [3.05, 3.63) is 34.2 Å². The van der Waals surface area contributed by atoms with Crippen LogP contribution < -0.4 is 9.47 Å².